The van der Waals surface area contributed by atoms with E-state index < -0.39 is 0 Å². The smallest absolute Gasteiger partial charge is 0.185 e. The van der Waals surface area contributed by atoms with Crippen LogP contribution in [0.4, 0.5) is 5.13 Å². The SMILES string of the molecule is C[C@H]1CCCN(c2nc(-c3cnn(C)c3)cs2)C1. The van der Waals surface area contributed by atoms with Crippen molar-refractivity contribution in [3.05, 3.63) is 17.8 Å². The van der Waals surface area contributed by atoms with Crippen LogP contribution in [0, 0.1) is 5.92 Å². The normalized spacial score (nSPS) is 20.3. The predicted molar refractivity (Wildman–Crippen MR) is 74.9 cm³/mol. The van der Waals surface area contributed by atoms with Gasteiger partial charge in [-0.25, -0.2) is 4.98 Å². The number of hydrogen-bond acceptors (Lipinski definition) is 4. The highest BCUT2D eigenvalue weighted by Crippen LogP contribution is 2.29. The maximum Gasteiger partial charge on any atom is 0.185 e. The molecule has 1 aliphatic rings. The van der Waals surface area contributed by atoms with Crippen molar-refractivity contribution in [2.75, 3.05) is 18.0 Å². The van der Waals surface area contributed by atoms with Gasteiger partial charge in [-0.15, -0.1) is 11.3 Å². The Labute approximate surface area is 111 Å². The predicted octanol–water partition coefficient (Wildman–Crippen LogP) is 2.78. The molecule has 1 saturated heterocycles. The first-order chi connectivity index (χ1) is 8.72. The summed E-state index contributed by atoms with van der Waals surface area (Å²) in [7, 11) is 1.93. The number of nitrogens with zero attached hydrogens (tertiary/aromatic N) is 4. The molecular weight excluding hydrogens is 244 g/mol. The Hall–Kier alpha value is -1.36. The molecule has 1 atom stereocenters. The van der Waals surface area contributed by atoms with Gasteiger partial charge in [-0.2, -0.15) is 5.10 Å². The third kappa shape index (κ3) is 2.27. The van der Waals surface area contributed by atoms with Crippen LogP contribution in [-0.4, -0.2) is 27.9 Å². The van der Waals surface area contributed by atoms with E-state index in [0.29, 0.717) is 0 Å². The number of aryl methyl sites for hydroxylation is 1. The lowest BCUT2D eigenvalue weighted by Gasteiger charge is -2.30. The van der Waals surface area contributed by atoms with Crippen molar-refractivity contribution in [2.24, 2.45) is 13.0 Å². The number of thiazole rings is 1. The molecule has 0 N–H and O–H groups in total. The maximum atomic E-state index is 4.74. The monoisotopic (exact) mass is 262 g/mol. The van der Waals surface area contributed by atoms with E-state index in [0.717, 1.165) is 35.4 Å². The number of anilines is 1. The second kappa shape index (κ2) is 4.72. The summed E-state index contributed by atoms with van der Waals surface area (Å²) in [6, 6.07) is 0. The highest BCUT2D eigenvalue weighted by Gasteiger charge is 2.19. The quantitative estimate of drug-likeness (QED) is 0.834. The van der Waals surface area contributed by atoms with Crippen molar-refractivity contribution >= 4 is 16.5 Å². The first-order valence-corrected chi connectivity index (χ1v) is 7.30. The minimum atomic E-state index is 0.782. The molecule has 0 amide bonds. The summed E-state index contributed by atoms with van der Waals surface area (Å²) in [6.45, 7) is 4.60. The molecule has 1 aliphatic heterocycles. The van der Waals surface area contributed by atoms with E-state index in [1.165, 1.54) is 12.8 Å². The Balaban J connectivity index is 1.80. The van der Waals surface area contributed by atoms with Crippen molar-refractivity contribution in [1.29, 1.82) is 0 Å². The molecule has 5 heteroatoms. The Bertz CT molecular complexity index is 531. The number of rotatable bonds is 2. The average molecular weight is 262 g/mol. The molecule has 2 aromatic rings. The van der Waals surface area contributed by atoms with Gasteiger partial charge in [0.25, 0.3) is 0 Å². The second-order valence-electron chi connectivity index (χ2n) is 5.11. The number of piperidine rings is 1. The standard InChI is InChI=1S/C13H18N4S/c1-10-4-3-5-17(7-10)13-15-12(9-18-13)11-6-14-16(2)8-11/h6,8-10H,3-5,7H2,1-2H3/t10-/m0/s1. The molecule has 0 unspecified atom stereocenters. The summed E-state index contributed by atoms with van der Waals surface area (Å²) in [5.74, 6) is 0.782. The fourth-order valence-corrected chi connectivity index (χ4v) is 3.33. The van der Waals surface area contributed by atoms with Gasteiger partial charge in [0, 0.05) is 37.3 Å². The van der Waals surface area contributed by atoms with E-state index in [2.05, 4.69) is 22.3 Å². The molecular formula is C13H18N4S. The van der Waals surface area contributed by atoms with Crippen LogP contribution in [0.1, 0.15) is 19.8 Å². The molecule has 0 aliphatic carbocycles. The minimum Gasteiger partial charge on any atom is -0.348 e. The molecule has 3 heterocycles. The first kappa shape index (κ1) is 11.7. The lowest BCUT2D eigenvalue weighted by atomic mass is 10.0. The fraction of sp³-hybridized carbons (Fsp3) is 0.538. The van der Waals surface area contributed by atoms with E-state index in [-0.39, 0.29) is 0 Å². The second-order valence-corrected chi connectivity index (χ2v) is 5.95. The molecule has 1 fully saturated rings. The lowest BCUT2D eigenvalue weighted by Crippen LogP contribution is -2.34. The molecule has 2 aromatic heterocycles. The van der Waals surface area contributed by atoms with Gasteiger partial charge in [0.05, 0.1) is 11.9 Å². The Morgan fingerprint density at radius 3 is 3.06 bits per heavy atom. The largest absolute Gasteiger partial charge is 0.348 e. The van der Waals surface area contributed by atoms with Crippen LogP contribution in [0.15, 0.2) is 17.8 Å². The van der Waals surface area contributed by atoms with Crippen LogP contribution in [-0.2, 0) is 7.05 Å². The Morgan fingerprint density at radius 2 is 2.33 bits per heavy atom. The van der Waals surface area contributed by atoms with E-state index in [1.807, 2.05) is 24.1 Å². The van der Waals surface area contributed by atoms with Crippen LogP contribution in [0.2, 0.25) is 0 Å². The average Bonchev–Trinajstić information content (AvgIpc) is 2.97. The molecule has 0 saturated carbocycles. The summed E-state index contributed by atoms with van der Waals surface area (Å²) >= 11 is 1.74. The zero-order chi connectivity index (χ0) is 12.5. The van der Waals surface area contributed by atoms with Crippen molar-refractivity contribution in [1.82, 2.24) is 14.8 Å². The van der Waals surface area contributed by atoms with Crippen molar-refractivity contribution in [3.8, 4) is 11.3 Å². The molecule has 0 bridgehead atoms. The number of aromatic nitrogens is 3. The van der Waals surface area contributed by atoms with Gasteiger partial charge in [0.15, 0.2) is 5.13 Å². The van der Waals surface area contributed by atoms with Crippen LogP contribution in [0.25, 0.3) is 11.3 Å². The third-order valence-corrected chi connectivity index (χ3v) is 4.32. The Morgan fingerprint density at radius 1 is 1.44 bits per heavy atom. The van der Waals surface area contributed by atoms with Crippen molar-refractivity contribution in [3.63, 3.8) is 0 Å². The van der Waals surface area contributed by atoms with E-state index in [4.69, 9.17) is 4.98 Å². The van der Waals surface area contributed by atoms with Crippen molar-refractivity contribution in [2.45, 2.75) is 19.8 Å². The summed E-state index contributed by atoms with van der Waals surface area (Å²) in [5.41, 5.74) is 2.14. The minimum absolute atomic E-state index is 0.782. The molecule has 0 radical (unpaired) electrons. The topological polar surface area (TPSA) is 34.0 Å². The van der Waals surface area contributed by atoms with Crippen molar-refractivity contribution < 1.29 is 0 Å². The summed E-state index contributed by atoms with van der Waals surface area (Å²) in [6.07, 6.45) is 6.51. The molecule has 4 nitrogen and oxygen atoms in total. The molecule has 0 aromatic carbocycles. The molecule has 96 valence electrons. The van der Waals surface area contributed by atoms with Gasteiger partial charge in [-0.05, 0) is 18.8 Å². The first-order valence-electron chi connectivity index (χ1n) is 6.42. The van der Waals surface area contributed by atoms with Gasteiger partial charge in [0.1, 0.15) is 0 Å². The van der Waals surface area contributed by atoms with Gasteiger partial charge in [-0.1, -0.05) is 6.92 Å². The van der Waals surface area contributed by atoms with Crippen LogP contribution < -0.4 is 4.90 Å². The lowest BCUT2D eigenvalue weighted by molar-refractivity contribution is 0.446. The Kier molecular flexibility index (Phi) is 3.07. The van der Waals surface area contributed by atoms with E-state index in [1.54, 1.807) is 11.3 Å². The van der Waals surface area contributed by atoms with Gasteiger partial charge >= 0.3 is 0 Å². The van der Waals surface area contributed by atoms with Gasteiger partial charge in [0.2, 0.25) is 0 Å². The van der Waals surface area contributed by atoms with Gasteiger partial charge < -0.3 is 4.90 Å². The summed E-state index contributed by atoms with van der Waals surface area (Å²) in [4.78, 5) is 7.16. The van der Waals surface area contributed by atoms with Crippen LogP contribution in [0.3, 0.4) is 0 Å². The fourth-order valence-electron chi connectivity index (χ4n) is 2.46. The van der Waals surface area contributed by atoms with E-state index >= 15 is 0 Å². The molecule has 18 heavy (non-hydrogen) atoms. The highest BCUT2D eigenvalue weighted by molar-refractivity contribution is 7.14. The van der Waals surface area contributed by atoms with Crippen LogP contribution >= 0.6 is 11.3 Å². The summed E-state index contributed by atoms with van der Waals surface area (Å²) in [5, 5.41) is 7.48. The molecule has 0 spiro atoms. The third-order valence-electron chi connectivity index (χ3n) is 3.42. The maximum absolute atomic E-state index is 4.74. The zero-order valence-electron chi connectivity index (χ0n) is 10.8. The van der Waals surface area contributed by atoms with Gasteiger partial charge in [-0.3, -0.25) is 4.68 Å². The summed E-state index contributed by atoms with van der Waals surface area (Å²) < 4.78 is 1.82. The van der Waals surface area contributed by atoms with Crippen LogP contribution in [0.5, 0.6) is 0 Å². The van der Waals surface area contributed by atoms with E-state index in [9.17, 15) is 0 Å². The highest BCUT2D eigenvalue weighted by atomic mass is 32.1. The number of hydrogen-bond donors (Lipinski definition) is 0. The zero-order valence-corrected chi connectivity index (χ0v) is 11.7. The molecule has 3 rings (SSSR count).